The normalized spacial score (nSPS) is 12.6. The molecule has 0 saturated heterocycles. The monoisotopic (exact) mass is 448 g/mol. The fourth-order valence-electron chi connectivity index (χ4n) is 2.42. The molecular formula is C19H11F7N2OS. The highest BCUT2D eigenvalue weighted by atomic mass is 32.1. The average Bonchev–Trinajstić information content (AvgIpc) is 3.16. The number of thiazole rings is 1. The molecule has 11 heteroatoms. The lowest BCUT2D eigenvalue weighted by Gasteiger charge is -2.26. The van der Waals surface area contributed by atoms with Crippen LogP contribution in [0, 0.1) is 0 Å². The predicted molar refractivity (Wildman–Crippen MR) is 97.6 cm³/mol. The Morgan fingerprint density at radius 1 is 0.800 bits per heavy atom. The van der Waals surface area contributed by atoms with E-state index in [0.29, 0.717) is 16.9 Å². The second-order valence-corrected chi connectivity index (χ2v) is 6.94. The highest BCUT2D eigenvalue weighted by Gasteiger charge is 2.76. The molecule has 0 unspecified atom stereocenters. The van der Waals surface area contributed by atoms with Gasteiger partial charge in [-0.1, -0.05) is 54.6 Å². The summed E-state index contributed by atoms with van der Waals surface area (Å²) in [6.45, 7) is 0. The van der Waals surface area contributed by atoms with Crippen molar-refractivity contribution in [3.63, 3.8) is 0 Å². The average molecular weight is 448 g/mol. The summed E-state index contributed by atoms with van der Waals surface area (Å²) < 4.78 is 89.3. The molecule has 0 aliphatic heterocycles. The number of nitrogens with zero attached hydrogens (tertiary/aromatic N) is 1. The summed E-state index contributed by atoms with van der Waals surface area (Å²) in [7, 11) is 0. The van der Waals surface area contributed by atoms with E-state index in [9.17, 15) is 35.5 Å². The third-order valence-electron chi connectivity index (χ3n) is 4.05. The van der Waals surface area contributed by atoms with Gasteiger partial charge in [0.15, 0.2) is 5.13 Å². The maximum atomic E-state index is 13.4. The number of benzene rings is 2. The van der Waals surface area contributed by atoms with Crippen LogP contribution >= 0.6 is 11.3 Å². The molecule has 0 fully saturated rings. The number of carbonyl (C=O) groups is 1. The van der Waals surface area contributed by atoms with Gasteiger partial charge in [0.05, 0.1) is 5.69 Å². The lowest BCUT2D eigenvalue weighted by atomic mass is 10.0. The summed E-state index contributed by atoms with van der Waals surface area (Å²) >= 11 is 0.605. The number of hydrogen-bond acceptors (Lipinski definition) is 3. The molecule has 30 heavy (non-hydrogen) atoms. The Labute approximate surface area is 169 Å². The second-order valence-electron chi connectivity index (χ2n) is 6.08. The van der Waals surface area contributed by atoms with Crippen molar-refractivity contribution in [2.75, 3.05) is 5.32 Å². The van der Waals surface area contributed by atoms with E-state index in [1.54, 1.807) is 24.3 Å². The number of nitrogens with one attached hydrogen (secondary N) is 1. The molecule has 1 heterocycles. The zero-order valence-electron chi connectivity index (χ0n) is 14.7. The van der Waals surface area contributed by atoms with Crippen molar-refractivity contribution in [2.45, 2.75) is 18.0 Å². The van der Waals surface area contributed by atoms with Crippen molar-refractivity contribution < 1.29 is 35.5 Å². The van der Waals surface area contributed by atoms with Crippen LogP contribution < -0.4 is 5.32 Å². The van der Waals surface area contributed by atoms with E-state index < -0.39 is 29.1 Å². The van der Waals surface area contributed by atoms with Crippen LogP contribution in [0.25, 0.3) is 22.4 Å². The first-order valence-corrected chi connectivity index (χ1v) is 9.06. The minimum Gasteiger partial charge on any atom is -0.296 e. The fraction of sp³-hybridized carbons (Fsp3) is 0.158. The van der Waals surface area contributed by atoms with Crippen molar-refractivity contribution in [2.24, 2.45) is 0 Å². The van der Waals surface area contributed by atoms with Gasteiger partial charge in [-0.3, -0.25) is 10.1 Å². The fourth-order valence-corrected chi connectivity index (χ4v) is 3.14. The van der Waals surface area contributed by atoms with Crippen molar-refractivity contribution in [3.8, 4) is 22.4 Å². The Balaban J connectivity index is 1.76. The Bertz CT molecular complexity index is 1030. The molecule has 0 aliphatic rings. The summed E-state index contributed by atoms with van der Waals surface area (Å²) in [6.07, 6.45) is -6.59. The van der Waals surface area contributed by atoms with Gasteiger partial charge in [-0.15, -0.1) is 11.3 Å². The van der Waals surface area contributed by atoms with Gasteiger partial charge in [0.1, 0.15) is 0 Å². The minimum atomic E-state index is -6.59. The lowest BCUT2D eigenvalue weighted by molar-refractivity contribution is -0.343. The minimum absolute atomic E-state index is 0.223. The Morgan fingerprint density at radius 2 is 1.33 bits per heavy atom. The number of hydrogen-bond donors (Lipinski definition) is 1. The molecule has 2 aromatic carbocycles. The van der Waals surface area contributed by atoms with Gasteiger partial charge in [-0.2, -0.15) is 30.7 Å². The number of anilines is 1. The molecule has 1 aromatic heterocycles. The zero-order valence-corrected chi connectivity index (χ0v) is 15.5. The Morgan fingerprint density at radius 3 is 1.90 bits per heavy atom. The van der Waals surface area contributed by atoms with Gasteiger partial charge in [0.25, 0.3) is 0 Å². The number of halogens is 7. The largest absolute Gasteiger partial charge is 0.460 e. The topological polar surface area (TPSA) is 42.0 Å². The number of rotatable bonds is 5. The van der Waals surface area contributed by atoms with E-state index in [-0.39, 0.29) is 5.69 Å². The van der Waals surface area contributed by atoms with Crippen LogP contribution in [0.4, 0.5) is 35.9 Å². The Hall–Kier alpha value is -2.95. The highest BCUT2D eigenvalue weighted by molar-refractivity contribution is 7.14. The van der Waals surface area contributed by atoms with Gasteiger partial charge < -0.3 is 0 Å². The van der Waals surface area contributed by atoms with Crippen molar-refractivity contribution in [3.05, 3.63) is 60.0 Å². The molecule has 0 spiro atoms. The zero-order chi connectivity index (χ0) is 22.2. The van der Waals surface area contributed by atoms with Crippen molar-refractivity contribution >= 4 is 22.4 Å². The first-order valence-electron chi connectivity index (χ1n) is 8.18. The molecule has 3 aromatic rings. The van der Waals surface area contributed by atoms with Gasteiger partial charge >= 0.3 is 23.9 Å². The number of aromatic nitrogens is 1. The summed E-state index contributed by atoms with van der Waals surface area (Å²) in [5.74, 6) is -15.3. The smallest absolute Gasteiger partial charge is 0.296 e. The number of alkyl halides is 7. The molecule has 1 amide bonds. The molecular weight excluding hydrogens is 437 g/mol. The molecule has 3 rings (SSSR count). The molecule has 0 saturated carbocycles. The summed E-state index contributed by atoms with van der Waals surface area (Å²) in [4.78, 5) is 15.2. The van der Waals surface area contributed by atoms with E-state index in [0.717, 1.165) is 11.1 Å². The molecule has 1 N–H and O–H groups in total. The van der Waals surface area contributed by atoms with Gasteiger partial charge in [-0.05, 0) is 11.1 Å². The van der Waals surface area contributed by atoms with E-state index in [4.69, 9.17) is 0 Å². The van der Waals surface area contributed by atoms with Crippen LogP contribution in [0.15, 0.2) is 60.0 Å². The van der Waals surface area contributed by atoms with Gasteiger partial charge in [-0.25, -0.2) is 4.98 Å². The SMILES string of the molecule is O=C(Nc1nc(-c2ccc(-c3ccccc3)cc2)cs1)C(F)(F)C(F)(F)C(F)(F)F. The van der Waals surface area contributed by atoms with Crippen LogP contribution in [-0.2, 0) is 4.79 Å². The van der Waals surface area contributed by atoms with Crippen LogP contribution in [0.3, 0.4) is 0 Å². The van der Waals surface area contributed by atoms with Crippen LogP contribution in [-0.4, -0.2) is 28.9 Å². The van der Waals surface area contributed by atoms with E-state index in [1.807, 2.05) is 30.3 Å². The molecule has 0 atom stereocenters. The highest BCUT2D eigenvalue weighted by Crippen LogP contribution is 2.47. The molecule has 0 radical (unpaired) electrons. The Kier molecular flexibility index (Phi) is 5.59. The third kappa shape index (κ3) is 4.02. The van der Waals surface area contributed by atoms with Crippen LogP contribution in [0.1, 0.15) is 0 Å². The lowest BCUT2D eigenvalue weighted by Crippen LogP contribution is -2.57. The van der Waals surface area contributed by atoms with Crippen LogP contribution in [0.2, 0.25) is 0 Å². The molecule has 3 nitrogen and oxygen atoms in total. The molecule has 0 aliphatic carbocycles. The van der Waals surface area contributed by atoms with Crippen molar-refractivity contribution in [1.29, 1.82) is 0 Å². The van der Waals surface area contributed by atoms with Gasteiger partial charge in [0, 0.05) is 10.9 Å². The standard InChI is InChI=1S/C19H11F7N2OS/c20-17(21,18(22,23)19(24,25)26)15(29)28-16-27-14(10-30-16)13-8-6-12(7-9-13)11-4-2-1-3-5-11/h1-10H,(H,27,28,29). The number of amides is 1. The first-order chi connectivity index (χ1) is 13.9. The van der Waals surface area contributed by atoms with Crippen molar-refractivity contribution in [1.82, 2.24) is 4.98 Å². The second kappa shape index (κ2) is 7.71. The van der Waals surface area contributed by atoms with E-state index >= 15 is 0 Å². The van der Waals surface area contributed by atoms with E-state index in [2.05, 4.69) is 4.98 Å². The molecule has 0 bridgehead atoms. The summed E-state index contributed by atoms with van der Waals surface area (Å²) in [6, 6.07) is 16.2. The predicted octanol–water partition coefficient (Wildman–Crippen LogP) is 6.25. The van der Waals surface area contributed by atoms with Crippen LogP contribution in [0.5, 0.6) is 0 Å². The molecule has 158 valence electrons. The quantitative estimate of drug-likeness (QED) is 0.469. The van der Waals surface area contributed by atoms with Gasteiger partial charge in [0.2, 0.25) is 0 Å². The maximum absolute atomic E-state index is 13.4. The third-order valence-corrected chi connectivity index (χ3v) is 4.81. The summed E-state index contributed by atoms with van der Waals surface area (Å²) in [5.41, 5.74) is 2.58. The summed E-state index contributed by atoms with van der Waals surface area (Å²) in [5, 5.41) is 2.12. The number of carbonyl (C=O) groups excluding carboxylic acids is 1. The maximum Gasteiger partial charge on any atom is 0.460 e. The van der Waals surface area contributed by atoms with E-state index in [1.165, 1.54) is 10.7 Å². The first kappa shape index (κ1) is 21.8.